The number of aryl methyl sites for hydroxylation is 2. The number of thiazole rings is 1. The molecule has 2 fully saturated rings. The highest BCUT2D eigenvalue weighted by atomic mass is 32.2. The van der Waals surface area contributed by atoms with Crippen molar-refractivity contribution in [3.8, 4) is 0 Å². The van der Waals surface area contributed by atoms with Gasteiger partial charge in [-0.1, -0.05) is 12.8 Å². The molecule has 0 unspecified atom stereocenters. The molecule has 3 rings (SSSR count). The van der Waals surface area contributed by atoms with Crippen LogP contribution in [0.2, 0.25) is 0 Å². The molecule has 1 aromatic heterocycles. The van der Waals surface area contributed by atoms with Gasteiger partial charge in [0, 0.05) is 23.5 Å². The van der Waals surface area contributed by atoms with E-state index in [2.05, 4.69) is 21.9 Å². The number of rotatable bonds is 6. The van der Waals surface area contributed by atoms with E-state index in [1.807, 2.05) is 6.92 Å². The highest BCUT2D eigenvalue weighted by Gasteiger charge is 2.38. The van der Waals surface area contributed by atoms with Gasteiger partial charge in [-0.15, -0.1) is 11.3 Å². The van der Waals surface area contributed by atoms with Gasteiger partial charge in [-0.05, 0) is 39.5 Å². The first kappa shape index (κ1) is 16.4. The molecule has 0 aliphatic heterocycles. The summed E-state index contributed by atoms with van der Waals surface area (Å²) in [7, 11) is -3.11. The van der Waals surface area contributed by atoms with E-state index >= 15 is 0 Å². The Bertz CT molecular complexity index is 603. The molecule has 0 bridgehead atoms. The highest BCUT2D eigenvalue weighted by Crippen LogP contribution is 2.29. The van der Waals surface area contributed by atoms with Gasteiger partial charge in [-0.25, -0.2) is 18.1 Å². The van der Waals surface area contributed by atoms with Gasteiger partial charge in [0.1, 0.15) is 5.01 Å². The number of nitrogens with one attached hydrogen (secondary N) is 2. The summed E-state index contributed by atoms with van der Waals surface area (Å²) >= 11 is 1.72. The molecular formula is C15H25N3O2S2. The molecule has 124 valence electrons. The second-order valence-electron chi connectivity index (χ2n) is 6.49. The Morgan fingerprint density at radius 1 is 1.14 bits per heavy atom. The van der Waals surface area contributed by atoms with Gasteiger partial charge < -0.3 is 5.32 Å². The quantitative estimate of drug-likeness (QED) is 0.831. The van der Waals surface area contributed by atoms with E-state index in [-0.39, 0.29) is 17.3 Å². The minimum absolute atomic E-state index is 0.0292. The first-order chi connectivity index (χ1) is 10.5. The van der Waals surface area contributed by atoms with E-state index in [0.29, 0.717) is 0 Å². The largest absolute Gasteiger partial charge is 0.306 e. The molecule has 0 spiro atoms. The van der Waals surface area contributed by atoms with Crippen molar-refractivity contribution >= 4 is 21.4 Å². The molecular weight excluding hydrogens is 318 g/mol. The van der Waals surface area contributed by atoms with E-state index < -0.39 is 10.0 Å². The average Bonchev–Trinajstić information content (AvgIpc) is 3.26. The monoisotopic (exact) mass is 343 g/mol. The van der Waals surface area contributed by atoms with Crippen LogP contribution in [0.15, 0.2) is 0 Å². The summed E-state index contributed by atoms with van der Waals surface area (Å²) in [5.41, 5.74) is 1.09. The summed E-state index contributed by atoms with van der Waals surface area (Å²) in [4.78, 5) is 5.81. The standard InChI is InChI=1S/C15H25N3O2S2/c1-10-11(2)21-15(17-10)9-16-13-5-3-4-6-14(13)18-22(19,20)12-7-8-12/h12-14,16,18H,3-9H2,1-2H3/t13-,14-/m1/s1. The maximum absolute atomic E-state index is 12.2. The van der Waals surface area contributed by atoms with E-state index in [1.165, 1.54) is 4.88 Å². The Hall–Kier alpha value is -0.500. The smallest absolute Gasteiger partial charge is 0.214 e. The lowest BCUT2D eigenvalue weighted by Crippen LogP contribution is -2.52. The summed E-state index contributed by atoms with van der Waals surface area (Å²) in [6, 6.07) is 0.244. The highest BCUT2D eigenvalue weighted by molar-refractivity contribution is 7.90. The van der Waals surface area contributed by atoms with Crippen LogP contribution in [0.4, 0.5) is 0 Å². The molecule has 2 aliphatic rings. The summed E-state index contributed by atoms with van der Waals surface area (Å²) in [6.45, 7) is 4.85. The maximum atomic E-state index is 12.2. The predicted octanol–water partition coefficient (Wildman–Crippen LogP) is 2.24. The molecule has 5 nitrogen and oxygen atoms in total. The van der Waals surface area contributed by atoms with Gasteiger partial charge in [0.15, 0.2) is 0 Å². The second kappa shape index (κ2) is 6.55. The van der Waals surface area contributed by atoms with Crippen molar-refractivity contribution in [1.82, 2.24) is 15.0 Å². The van der Waals surface area contributed by atoms with Gasteiger partial charge >= 0.3 is 0 Å². The third kappa shape index (κ3) is 3.88. The minimum atomic E-state index is -3.11. The lowest BCUT2D eigenvalue weighted by Gasteiger charge is -2.32. The fraction of sp³-hybridized carbons (Fsp3) is 0.800. The molecule has 0 radical (unpaired) electrons. The Labute approximate surface area is 137 Å². The Morgan fingerprint density at radius 2 is 1.82 bits per heavy atom. The van der Waals surface area contributed by atoms with Crippen molar-refractivity contribution in [3.63, 3.8) is 0 Å². The molecule has 2 atom stereocenters. The number of aromatic nitrogens is 1. The molecule has 2 N–H and O–H groups in total. The van der Waals surface area contributed by atoms with Crippen molar-refractivity contribution in [2.24, 2.45) is 0 Å². The Morgan fingerprint density at radius 3 is 2.41 bits per heavy atom. The molecule has 2 aliphatic carbocycles. The third-order valence-corrected chi connectivity index (χ3v) is 7.69. The van der Waals surface area contributed by atoms with Gasteiger partial charge in [-0.2, -0.15) is 0 Å². The zero-order valence-corrected chi connectivity index (χ0v) is 14.9. The number of nitrogens with zero attached hydrogens (tertiary/aromatic N) is 1. The van der Waals surface area contributed by atoms with Crippen LogP contribution in [-0.4, -0.2) is 30.7 Å². The summed E-state index contributed by atoms with van der Waals surface area (Å²) in [5.74, 6) is 0. The van der Waals surface area contributed by atoms with Gasteiger partial charge in [0.2, 0.25) is 10.0 Å². The fourth-order valence-electron chi connectivity index (χ4n) is 3.03. The summed E-state index contributed by atoms with van der Waals surface area (Å²) < 4.78 is 27.3. The fourth-order valence-corrected chi connectivity index (χ4v) is 5.57. The van der Waals surface area contributed by atoms with Crippen LogP contribution in [-0.2, 0) is 16.6 Å². The maximum Gasteiger partial charge on any atom is 0.214 e. The molecule has 22 heavy (non-hydrogen) atoms. The zero-order chi connectivity index (χ0) is 15.7. The van der Waals surface area contributed by atoms with E-state index in [0.717, 1.165) is 55.8 Å². The number of hydrogen-bond acceptors (Lipinski definition) is 5. The third-order valence-electron chi connectivity index (χ3n) is 4.63. The molecule has 0 aromatic carbocycles. The summed E-state index contributed by atoms with van der Waals surface area (Å²) in [6.07, 6.45) is 5.86. The summed E-state index contributed by atoms with van der Waals surface area (Å²) in [5, 5.41) is 4.48. The van der Waals surface area contributed by atoms with Gasteiger partial charge in [0.25, 0.3) is 0 Å². The van der Waals surface area contributed by atoms with Crippen molar-refractivity contribution in [2.75, 3.05) is 0 Å². The molecule has 2 saturated carbocycles. The van der Waals surface area contributed by atoms with Crippen LogP contribution in [0, 0.1) is 13.8 Å². The van der Waals surface area contributed by atoms with Crippen LogP contribution >= 0.6 is 11.3 Å². The molecule has 1 aromatic rings. The first-order valence-corrected chi connectivity index (χ1v) is 10.5. The van der Waals surface area contributed by atoms with Crippen LogP contribution < -0.4 is 10.0 Å². The molecule has 1 heterocycles. The molecule has 7 heteroatoms. The van der Waals surface area contributed by atoms with Crippen molar-refractivity contribution in [3.05, 3.63) is 15.6 Å². The van der Waals surface area contributed by atoms with Gasteiger partial charge in [-0.3, -0.25) is 0 Å². The predicted molar refractivity (Wildman–Crippen MR) is 89.5 cm³/mol. The van der Waals surface area contributed by atoms with E-state index in [4.69, 9.17) is 0 Å². The number of sulfonamides is 1. The minimum Gasteiger partial charge on any atom is -0.306 e. The molecule has 0 saturated heterocycles. The Kier molecular flexibility index (Phi) is 4.87. The van der Waals surface area contributed by atoms with E-state index in [9.17, 15) is 8.42 Å². The zero-order valence-electron chi connectivity index (χ0n) is 13.3. The van der Waals surface area contributed by atoms with Crippen LogP contribution in [0.5, 0.6) is 0 Å². The lowest BCUT2D eigenvalue weighted by molar-refractivity contribution is 0.308. The van der Waals surface area contributed by atoms with Crippen LogP contribution in [0.25, 0.3) is 0 Å². The topological polar surface area (TPSA) is 71.1 Å². The average molecular weight is 344 g/mol. The molecule has 0 amide bonds. The first-order valence-electron chi connectivity index (χ1n) is 8.13. The van der Waals surface area contributed by atoms with Crippen molar-refractivity contribution in [2.45, 2.75) is 76.3 Å². The second-order valence-corrected chi connectivity index (χ2v) is 9.77. The SMILES string of the molecule is Cc1nc(CN[C@@H]2CCCC[C@H]2NS(=O)(=O)C2CC2)sc1C. The van der Waals surface area contributed by atoms with Crippen LogP contribution in [0.1, 0.15) is 54.1 Å². The van der Waals surface area contributed by atoms with Crippen molar-refractivity contribution in [1.29, 1.82) is 0 Å². The lowest BCUT2D eigenvalue weighted by atomic mass is 9.91. The van der Waals surface area contributed by atoms with Crippen LogP contribution in [0.3, 0.4) is 0 Å². The number of hydrogen-bond donors (Lipinski definition) is 2. The van der Waals surface area contributed by atoms with E-state index in [1.54, 1.807) is 11.3 Å². The normalized spacial score (nSPS) is 26.3. The van der Waals surface area contributed by atoms with Crippen molar-refractivity contribution < 1.29 is 8.42 Å². The van der Waals surface area contributed by atoms with Gasteiger partial charge in [0.05, 0.1) is 10.9 Å². The Balaban J connectivity index is 1.59.